The van der Waals surface area contributed by atoms with E-state index in [2.05, 4.69) is 21.2 Å². The predicted octanol–water partition coefficient (Wildman–Crippen LogP) is 4.23. The number of hydrogen-bond donors (Lipinski definition) is 2. The smallest absolute Gasteiger partial charge is 0.317 e. The van der Waals surface area contributed by atoms with Gasteiger partial charge in [-0.15, -0.1) is 0 Å². The molecule has 0 spiro atoms. The van der Waals surface area contributed by atoms with Crippen molar-refractivity contribution >= 4 is 34.9 Å². The van der Waals surface area contributed by atoms with Crippen molar-refractivity contribution in [1.29, 1.82) is 0 Å². The maximum atomic E-state index is 12.5. The van der Waals surface area contributed by atoms with Gasteiger partial charge in [0.1, 0.15) is 0 Å². The minimum Gasteiger partial charge on any atom is -0.393 e. The normalized spacial score (nSPS) is 25.7. The molecular formula is C24H36Cl2N4O2. The first kappa shape index (κ1) is 23.9. The number of rotatable bonds is 5. The van der Waals surface area contributed by atoms with Crippen LogP contribution in [0.5, 0.6) is 0 Å². The van der Waals surface area contributed by atoms with Crippen molar-refractivity contribution in [1.82, 2.24) is 15.1 Å². The SMILES string of the molecule is O=C(NC1CCC(CCN2CCN(c3cccc(Cl)c3Cl)CC2)CC1)N1CCC(O)CC1. The van der Waals surface area contributed by atoms with Crippen LogP contribution in [0.3, 0.4) is 0 Å². The molecule has 2 heterocycles. The van der Waals surface area contributed by atoms with Crippen LogP contribution in [-0.2, 0) is 0 Å². The zero-order chi connectivity index (χ0) is 22.5. The molecule has 4 rings (SSSR count). The van der Waals surface area contributed by atoms with E-state index in [0.717, 1.165) is 57.2 Å². The molecule has 178 valence electrons. The zero-order valence-electron chi connectivity index (χ0n) is 18.8. The van der Waals surface area contributed by atoms with Crippen LogP contribution in [0.4, 0.5) is 10.5 Å². The molecule has 2 amide bonds. The molecule has 2 saturated heterocycles. The van der Waals surface area contributed by atoms with Gasteiger partial charge < -0.3 is 20.2 Å². The molecule has 0 aromatic heterocycles. The summed E-state index contributed by atoms with van der Waals surface area (Å²) < 4.78 is 0. The van der Waals surface area contributed by atoms with E-state index in [4.69, 9.17) is 23.2 Å². The monoisotopic (exact) mass is 482 g/mol. The average molecular weight is 483 g/mol. The van der Waals surface area contributed by atoms with Crippen LogP contribution in [0.1, 0.15) is 44.9 Å². The van der Waals surface area contributed by atoms with E-state index < -0.39 is 0 Å². The number of hydrogen-bond acceptors (Lipinski definition) is 4. The number of carbonyl (C=O) groups excluding carboxylic acids is 1. The number of aliphatic hydroxyl groups excluding tert-OH is 1. The molecule has 3 fully saturated rings. The maximum absolute atomic E-state index is 12.5. The van der Waals surface area contributed by atoms with E-state index in [1.165, 1.54) is 19.3 Å². The van der Waals surface area contributed by atoms with Gasteiger partial charge in [0.15, 0.2) is 0 Å². The summed E-state index contributed by atoms with van der Waals surface area (Å²) in [6, 6.07) is 6.21. The summed E-state index contributed by atoms with van der Waals surface area (Å²) in [5, 5.41) is 14.1. The summed E-state index contributed by atoms with van der Waals surface area (Å²) in [6.45, 7) is 6.55. The van der Waals surface area contributed by atoms with Crippen molar-refractivity contribution in [3.8, 4) is 0 Å². The van der Waals surface area contributed by atoms with Gasteiger partial charge in [0.05, 0.1) is 21.8 Å². The lowest BCUT2D eigenvalue weighted by molar-refractivity contribution is 0.0919. The number of nitrogens with one attached hydrogen (secondary N) is 1. The van der Waals surface area contributed by atoms with Gasteiger partial charge in [-0.1, -0.05) is 29.3 Å². The molecule has 1 aliphatic carbocycles. The van der Waals surface area contributed by atoms with Crippen LogP contribution in [-0.4, -0.2) is 78.9 Å². The Hall–Kier alpha value is -1.21. The van der Waals surface area contributed by atoms with Crippen LogP contribution >= 0.6 is 23.2 Å². The summed E-state index contributed by atoms with van der Waals surface area (Å²) in [4.78, 5) is 19.2. The number of nitrogens with zero attached hydrogens (tertiary/aromatic N) is 3. The van der Waals surface area contributed by atoms with Crippen LogP contribution < -0.4 is 10.2 Å². The summed E-state index contributed by atoms with van der Waals surface area (Å²) in [7, 11) is 0. The van der Waals surface area contributed by atoms with Crippen LogP contribution in [0.2, 0.25) is 10.0 Å². The van der Waals surface area contributed by atoms with Gasteiger partial charge in [0, 0.05) is 45.3 Å². The number of anilines is 1. The molecule has 0 radical (unpaired) electrons. The summed E-state index contributed by atoms with van der Waals surface area (Å²) in [5.74, 6) is 0.758. The fourth-order valence-corrected chi connectivity index (χ4v) is 5.66. The number of piperidine rings is 1. The van der Waals surface area contributed by atoms with Crippen molar-refractivity contribution in [2.24, 2.45) is 5.92 Å². The average Bonchev–Trinajstić information content (AvgIpc) is 2.81. The van der Waals surface area contributed by atoms with Crippen LogP contribution in [0, 0.1) is 5.92 Å². The highest BCUT2D eigenvalue weighted by Gasteiger charge is 2.27. The molecule has 6 nitrogen and oxygen atoms in total. The van der Waals surface area contributed by atoms with Gasteiger partial charge in [0.2, 0.25) is 0 Å². The second-order valence-corrected chi connectivity index (χ2v) is 10.4. The number of halogens is 2. The van der Waals surface area contributed by atoms with E-state index >= 15 is 0 Å². The highest BCUT2D eigenvalue weighted by Crippen LogP contribution is 2.33. The Bertz CT molecular complexity index is 756. The van der Waals surface area contributed by atoms with E-state index in [1.54, 1.807) is 0 Å². The summed E-state index contributed by atoms with van der Waals surface area (Å²) in [5.41, 5.74) is 1.04. The van der Waals surface area contributed by atoms with Crippen LogP contribution in [0.25, 0.3) is 0 Å². The number of benzene rings is 1. The molecule has 8 heteroatoms. The fraction of sp³-hybridized carbons (Fsp3) is 0.708. The second kappa shape index (κ2) is 11.3. The van der Waals surface area contributed by atoms with Crippen molar-refractivity contribution in [3.63, 3.8) is 0 Å². The molecule has 0 bridgehead atoms. The molecule has 2 N–H and O–H groups in total. The number of amides is 2. The Morgan fingerprint density at radius 3 is 2.34 bits per heavy atom. The Morgan fingerprint density at radius 2 is 1.66 bits per heavy atom. The maximum Gasteiger partial charge on any atom is 0.317 e. The summed E-state index contributed by atoms with van der Waals surface area (Å²) >= 11 is 12.6. The molecule has 3 aliphatic rings. The number of carbonyl (C=O) groups is 1. The number of likely N-dealkylation sites (tertiary alicyclic amines) is 1. The Kier molecular flexibility index (Phi) is 8.43. The first-order valence-corrected chi connectivity index (χ1v) is 12.9. The lowest BCUT2D eigenvalue weighted by atomic mass is 9.84. The fourth-order valence-electron chi connectivity index (χ4n) is 5.24. The quantitative estimate of drug-likeness (QED) is 0.658. The molecular weight excluding hydrogens is 447 g/mol. The number of aliphatic hydroxyl groups is 1. The van der Waals surface area contributed by atoms with E-state index in [9.17, 15) is 9.90 Å². The van der Waals surface area contributed by atoms with Crippen molar-refractivity contribution in [2.45, 2.75) is 57.1 Å². The van der Waals surface area contributed by atoms with Crippen molar-refractivity contribution in [2.75, 3.05) is 50.7 Å². The minimum absolute atomic E-state index is 0.0537. The Balaban J connectivity index is 1.12. The van der Waals surface area contributed by atoms with E-state index in [1.807, 2.05) is 17.0 Å². The predicted molar refractivity (Wildman–Crippen MR) is 131 cm³/mol. The third-order valence-corrected chi connectivity index (χ3v) is 8.23. The standard InChI is InChI=1S/C24H36Cl2N4O2/c25-21-2-1-3-22(23(21)26)29-16-14-28(15-17-29)11-8-18-4-6-19(7-5-18)27-24(32)30-12-9-20(31)10-13-30/h1-3,18-20,31H,4-17H2,(H,27,32). The molecule has 1 saturated carbocycles. The third-order valence-electron chi connectivity index (χ3n) is 7.42. The Labute approximate surface area is 201 Å². The second-order valence-electron chi connectivity index (χ2n) is 9.58. The van der Waals surface area contributed by atoms with Gasteiger partial charge >= 0.3 is 6.03 Å². The van der Waals surface area contributed by atoms with E-state index in [-0.39, 0.29) is 12.1 Å². The van der Waals surface area contributed by atoms with Gasteiger partial charge in [-0.2, -0.15) is 0 Å². The van der Waals surface area contributed by atoms with E-state index in [0.29, 0.717) is 42.0 Å². The number of urea groups is 1. The zero-order valence-corrected chi connectivity index (χ0v) is 20.3. The van der Waals surface area contributed by atoms with Crippen molar-refractivity contribution in [3.05, 3.63) is 28.2 Å². The molecule has 1 aromatic carbocycles. The highest BCUT2D eigenvalue weighted by molar-refractivity contribution is 6.43. The van der Waals surface area contributed by atoms with Gasteiger partial charge in [-0.05, 0) is 69.5 Å². The van der Waals surface area contributed by atoms with Gasteiger partial charge in [-0.25, -0.2) is 4.79 Å². The van der Waals surface area contributed by atoms with Crippen molar-refractivity contribution < 1.29 is 9.90 Å². The number of piperazine rings is 1. The lowest BCUT2D eigenvalue weighted by Crippen LogP contribution is -2.49. The first-order chi connectivity index (χ1) is 15.5. The largest absolute Gasteiger partial charge is 0.393 e. The molecule has 32 heavy (non-hydrogen) atoms. The molecule has 0 atom stereocenters. The minimum atomic E-state index is -0.243. The third kappa shape index (κ3) is 6.22. The lowest BCUT2D eigenvalue weighted by Gasteiger charge is -2.38. The highest BCUT2D eigenvalue weighted by atomic mass is 35.5. The first-order valence-electron chi connectivity index (χ1n) is 12.1. The Morgan fingerprint density at radius 1 is 0.969 bits per heavy atom. The van der Waals surface area contributed by atoms with Gasteiger partial charge in [-0.3, -0.25) is 4.90 Å². The molecule has 1 aromatic rings. The molecule has 0 unspecified atom stereocenters. The van der Waals surface area contributed by atoms with Gasteiger partial charge in [0.25, 0.3) is 0 Å². The van der Waals surface area contributed by atoms with Crippen LogP contribution in [0.15, 0.2) is 18.2 Å². The topological polar surface area (TPSA) is 59.1 Å². The summed E-state index contributed by atoms with van der Waals surface area (Å²) in [6.07, 6.45) is 6.93. The molecule has 2 aliphatic heterocycles.